The zero-order valence-electron chi connectivity index (χ0n) is 17.2. The van der Waals surface area contributed by atoms with Gasteiger partial charge in [0, 0.05) is 11.4 Å². The molecule has 0 fully saturated rings. The second kappa shape index (κ2) is 9.17. The number of ether oxygens (including phenoxy) is 2. The summed E-state index contributed by atoms with van der Waals surface area (Å²) in [5.41, 5.74) is 1.90. The summed E-state index contributed by atoms with van der Waals surface area (Å²) in [5.74, 6) is -0.477. The molecule has 1 atom stereocenters. The van der Waals surface area contributed by atoms with E-state index in [-0.39, 0.29) is 5.56 Å². The van der Waals surface area contributed by atoms with Gasteiger partial charge in [-0.05, 0) is 31.0 Å². The Hall–Kier alpha value is -3.07. The van der Waals surface area contributed by atoms with Crippen LogP contribution >= 0.6 is 11.8 Å². The first-order chi connectivity index (χ1) is 14.4. The molecule has 2 aromatic rings. The first-order valence-corrected chi connectivity index (χ1v) is 10.4. The Balaban J connectivity index is 2.16. The number of hydrogen-bond acceptors (Lipinski definition) is 8. The van der Waals surface area contributed by atoms with Crippen molar-refractivity contribution in [2.24, 2.45) is 0 Å². The van der Waals surface area contributed by atoms with Crippen LogP contribution in [0, 0.1) is 0 Å². The van der Waals surface area contributed by atoms with Crippen LogP contribution in [-0.2, 0) is 14.3 Å². The van der Waals surface area contributed by atoms with Crippen molar-refractivity contribution in [1.29, 1.82) is 0 Å². The van der Waals surface area contributed by atoms with Gasteiger partial charge in [-0.25, -0.2) is 14.6 Å². The summed E-state index contributed by atoms with van der Waals surface area (Å²) in [6, 6.07) is 6.59. The van der Waals surface area contributed by atoms with Crippen LogP contribution in [0.15, 0.2) is 45.5 Å². The van der Waals surface area contributed by atoms with Gasteiger partial charge in [0.1, 0.15) is 5.82 Å². The molecule has 0 saturated heterocycles. The van der Waals surface area contributed by atoms with E-state index in [4.69, 9.17) is 9.47 Å². The van der Waals surface area contributed by atoms with Crippen LogP contribution in [0.3, 0.4) is 0 Å². The van der Waals surface area contributed by atoms with Gasteiger partial charge in [-0.3, -0.25) is 4.79 Å². The van der Waals surface area contributed by atoms with Crippen molar-refractivity contribution < 1.29 is 19.1 Å². The van der Waals surface area contributed by atoms with E-state index in [1.165, 1.54) is 26.0 Å². The van der Waals surface area contributed by atoms with Crippen LogP contribution in [0.4, 0.5) is 5.82 Å². The van der Waals surface area contributed by atoms with Crippen LogP contribution in [-0.4, -0.2) is 41.9 Å². The lowest BCUT2D eigenvalue weighted by Gasteiger charge is -2.28. The number of esters is 2. The summed E-state index contributed by atoms with van der Waals surface area (Å²) in [6.07, 6.45) is 0.944. The Morgan fingerprint density at radius 2 is 1.80 bits per heavy atom. The summed E-state index contributed by atoms with van der Waals surface area (Å²) in [4.78, 5) is 44.7. The predicted octanol–water partition coefficient (Wildman–Crippen LogP) is 3.06. The van der Waals surface area contributed by atoms with Gasteiger partial charge < -0.3 is 19.8 Å². The first-order valence-electron chi connectivity index (χ1n) is 9.42. The molecule has 9 heteroatoms. The highest BCUT2D eigenvalue weighted by atomic mass is 32.2. The maximum atomic E-state index is 13.0. The summed E-state index contributed by atoms with van der Waals surface area (Å²) in [7, 11) is 2.60. The van der Waals surface area contributed by atoms with Crippen molar-refractivity contribution in [1.82, 2.24) is 9.97 Å². The van der Waals surface area contributed by atoms with Gasteiger partial charge in [0.05, 0.1) is 36.8 Å². The third kappa shape index (κ3) is 4.11. The molecule has 2 heterocycles. The van der Waals surface area contributed by atoms with Crippen molar-refractivity contribution in [3.63, 3.8) is 0 Å². The number of allylic oxidation sites excluding steroid dienone is 1. The number of H-pyrrole nitrogens is 1. The summed E-state index contributed by atoms with van der Waals surface area (Å²) in [5, 5.41) is 3.60. The molecule has 0 radical (unpaired) electrons. The molecule has 1 aliphatic rings. The molecular formula is C21H23N3O5S. The van der Waals surface area contributed by atoms with Gasteiger partial charge in [0.2, 0.25) is 0 Å². The molecule has 0 bridgehead atoms. The minimum atomic E-state index is -0.693. The van der Waals surface area contributed by atoms with E-state index >= 15 is 0 Å². The van der Waals surface area contributed by atoms with Gasteiger partial charge in [0.25, 0.3) is 5.56 Å². The topological polar surface area (TPSA) is 110 Å². The molecule has 158 valence electrons. The number of aromatic nitrogens is 2. The Morgan fingerprint density at radius 3 is 2.40 bits per heavy atom. The Kier molecular flexibility index (Phi) is 6.61. The number of anilines is 1. The molecule has 0 spiro atoms. The average molecular weight is 429 g/mol. The smallest absolute Gasteiger partial charge is 0.337 e. The number of nitrogens with one attached hydrogen (secondary N) is 2. The van der Waals surface area contributed by atoms with E-state index in [2.05, 4.69) is 15.3 Å². The number of benzene rings is 1. The standard InChI is InChI=1S/C21H23N3O5S/c1-5-10-30-21-23-17-16(18(25)24-21)15(14(11(2)22-17)20(27)29-4)12-6-8-13(9-7-12)19(26)28-3/h6-9,15H,5,10H2,1-4H3,(H2,22,23,24,25). The van der Waals surface area contributed by atoms with Crippen LogP contribution in [0.1, 0.15) is 47.7 Å². The van der Waals surface area contributed by atoms with Crippen molar-refractivity contribution >= 4 is 29.5 Å². The van der Waals surface area contributed by atoms with Crippen molar-refractivity contribution in [3.05, 3.63) is 62.6 Å². The minimum absolute atomic E-state index is 0.317. The third-order valence-corrected chi connectivity index (χ3v) is 5.81. The molecule has 1 unspecified atom stereocenters. The zero-order valence-corrected chi connectivity index (χ0v) is 18.0. The lowest BCUT2D eigenvalue weighted by Crippen LogP contribution is -2.31. The van der Waals surface area contributed by atoms with Crippen molar-refractivity contribution in [2.45, 2.75) is 31.3 Å². The highest BCUT2D eigenvalue weighted by molar-refractivity contribution is 7.99. The normalized spacial score (nSPS) is 15.3. The maximum Gasteiger partial charge on any atom is 0.337 e. The number of fused-ring (bicyclic) bond motifs is 1. The number of carbonyl (C=O) groups excluding carboxylic acids is 2. The van der Waals surface area contributed by atoms with E-state index in [1.54, 1.807) is 31.2 Å². The number of rotatable bonds is 6. The molecule has 1 aromatic heterocycles. The maximum absolute atomic E-state index is 13.0. The van der Waals surface area contributed by atoms with Gasteiger partial charge in [-0.2, -0.15) is 0 Å². The highest BCUT2D eigenvalue weighted by Gasteiger charge is 2.36. The van der Waals surface area contributed by atoms with Crippen molar-refractivity contribution in [3.8, 4) is 0 Å². The molecule has 8 nitrogen and oxygen atoms in total. The van der Waals surface area contributed by atoms with Gasteiger partial charge >= 0.3 is 11.9 Å². The molecular weight excluding hydrogens is 406 g/mol. The molecule has 0 aliphatic carbocycles. The number of aromatic amines is 1. The summed E-state index contributed by atoms with van der Waals surface area (Å²) >= 11 is 1.46. The summed E-state index contributed by atoms with van der Waals surface area (Å²) < 4.78 is 9.71. The predicted molar refractivity (Wildman–Crippen MR) is 114 cm³/mol. The highest BCUT2D eigenvalue weighted by Crippen LogP contribution is 2.40. The quantitative estimate of drug-likeness (QED) is 0.410. The molecule has 2 N–H and O–H groups in total. The molecule has 3 rings (SSSR count). The lowest BCUT2D eigenvalue weighted by molar-refractivity contribution is -0.136. The van der Waals surface area contributed by atoms with Gasteiger partial charge in [0.15, 0.2) is 5.16 Å². The lowest BCUT2D eigenvalue weighted by atomic mass is 9.82. The zero-order chi connectivity index (χ0) is 21.8. The second-order valence-corrected chi connectivity index (χ2v) is 7.77. The average Bonchev–Trinajstić information content (AvgIpc) is 2.75. The first kappa shape index (κ1) is 21.6. The number of carbonyl (C=O) groups is 2. The van der Waals surface area contributed by atoms with E-state index in [0.29, 0.717) is 38.9 Å². The molecule has 0 amide bonds. The van der Waals surface area contributed by atoms with E-state index in [1.807, 2.05) is 6.92 Å². The molecule has 30 heavy (non-hydrogen) atoms. The van der Waals surface area contributed by atoms with E-state index in [0.717, 1.165) is 12.2 Å². The van der Waals surface area contributed by atoms with E-state index < -0.39 is 17.9 Å². The summed E-state index contributed by atoms with van der Waals surface area (Å²) in [6.45, 7) is 3.79. The minimum Gasteiger partial charge on any atom is -0.466 e. The van der Waals surface area contributed by atoms with Crippen molar-refractivity contribution in [2.75, 3.05) is 25.3 Å². The SMILES string of the molecule is CCCSc1nc2c(c(=O)[nH]1)C(c1ccc(C(=O)OC)cc1)C(C(=O)OC)=C(C)N2. The Labute approximate surface area is 178 Å². The van der Waals surface area contributed by atoms with Crippen LogP contribution in [0.2, 0.25) is 0 Å². The fraction of sp³-hybridized carbons (Fsp3) is 0.333. The number of thioether (sulfide) groups is 1. The molecule has 1 aliphatic heterocycles. The van der Waals surface area contributed by atoms with Crippen LogP contribution in [0.5, 0.6) is 0 Å². The largest absolute Gasteiger partial charge is 0.466 e. The number of nitrogens with zero attached hydrogens (tertiary/aromatic N) is 1. The number of methoxy groups -OCH3 is 2. The molecule has 0 saturated carbocycles. The van der Waals surface area contributed by atoms with Crippen LogP contribution < -0.4 is 10.9 Å². The van der Waals surface area contributed by atoms with Gasteiger partial charge in [-0.1, -0.05) is 30.8 Å². The fourth-order valence-electron chi connectivity index (χ4n) is 3.34. The van der Waals surface area contributed by atoms with Gasteiger partial charge in [-0.15, -0.1) is 0 Å². The Morgan fingerprint density at radius 1 is 1.13 bits per heavy atom. The Bertz CT molecular complexity index is 1060. The fourth-order valence-corrected chi connectivity index (χ4v) is 4.06. The molecule has 1 aromatic carbocycles. The third-order valence-electron chi connectivity index (χ3n) is 4.73. The monoisotopic (exact) mass is 429 g/mol. The number of hydrogen-bond donors (Lipinski definition) is 2. The van der Waals surface area contributed by atoms with Crippen LogP contribution in [0.25, 0.3) is 0 Å². The second-order valence-electron chi connectivity index (χ2n) is 6.68. The van der Waals surface area contributed by atoms with E-state index in [9.17, 15) is 14.4 Å².